The Kier molecular flexibility index (Phi) is 8.20. The minimum absolute atomic E-state index is 0.282. The molecule has 2 unspecified atom stereocenters. The largest absolute Gasteiger partial charge is 0.288 e. The molecule has 0 aliphatic rings. The van der Waals surface area contributed by atoms with Gasteiger partial charge in [0.25, 0.3) is 20.2 Å². The lowest BCUT2D eigenvalue weighted by atomic mass is 9.76. The molecule has 8 heteroatoms. The molecule has 0 aromatic heterocycles. The first-order valence-corrected chi connectivity index (χ1v) is 11.1. The molecule has 140 valence electrons. The van der Waals surface area contributed by atoms with Gasteiger partial charge in [0.15, 0.2) is 0 Å². The van der Waals surface area contributed by atoms with Gasteiger partial charge in [0.2, 0.25) is 4.08 Å². The Hall–Kier alpha value is -0.180. The third kappa shape index (κ3) is 4.46. The molecule has 0 fully saturated rings. The summed E-state index contributed by atoms with van der Waals surface area (Å²) in [5.41, 5.74) is 0. The van der Waals surface area contributed by atoms with Gasteiger partial charge in [-0.1, -0.05) is 54.4 Å². The van der Waals surface area contributed by atoms with Crippen molar-refractivity contribution in [3.8, 4) is 0 Å². The number of rotatable bonds is 10. The van der Waals surface area contributed by atoms with Gasteiger partial charge in [-0.25, -0.2) is 0 Å². The van der Waals surface area contributed by atoms with Crippen LogP contribution in [0.5, 0.6) is 0 Å². The van der Waals surface area contributed by atoms with E-state index in [0.717, 1.165) is 0 Å². The monoisotopic (exact) mass is 372 g/mol. The maximum absolute atomic E-state index is 12.4. The van der Waals surface area contributed by atoms with Crippen LogP contribution in [0.3, 0.4) is 0 Å². The molecule has 0 aliphatic carbocycles. The van der Waals surface area contributed by atoms with E-state index in [1.807, 2.05) is 13.8 Å². The van der Waals surface area contributed by atoms with Gasteiger partial charge >= 0.3 is 0 Å². The average molecular weight is 373 g/mol. The highest BCUT2D eigenvalue weighted by atomic mass is 32.3. The van der Waals surface area contributed by atoms with Crippen molar-refractivity contribution in [2.75, 3.05) is 0 Å². The van der Waals surface area contributed by atoms with E-state index in [1.54, 1.807) is 27.7 Å². The summed E-state index contributed by atoms with van der Waals surface area (Å²) in [6.45, 7) is 10.5. The van der Waals surface area contributed by atoms with Gasteiger partial charge in [-0.3, -0.25) is 9.11 Å². The molecule has 0 aromatic rings. The molecular weight excluding hydrogens is 340 g/mol. The van der Waals surface area contributed by atoms with Gasteiger partial charge in [-0.05, 0) is 24.7 Å². The van der Waals surface area contributed by atoms with E-state index in [1.165, 1.54) is 0 Å². The number of hydrogen-bond donors (Lipinski definition) is 2. The first-order valence-electron chi connectivity index (χ1n) is 8.22. The van der Waals surface area contributed by atoms with Gasteiger partial charge in [0.1, 0.15) is 0 Å². The summed E-state index contributed by atoms with van der Waals surface area (Å²) >= 11 is 0. The summed E-state index contributed by atoms with van der Waals surface area (Å²) in [6, 6.07) is 0. The molecule has 0 bridgehead atoms. The third-order valence-electron chi connectivity index (χ3n) is 4.65. The molecule has 0 saturated heterocycles. The van der Waals surface area contributed by atoms with Crippen LogP contribution < -0.4 is 0 Å². The molecule has 0 aromatic carbocycles. The van der Waals surface area contributed by atoms with E-state index in [9.17, 15) is 25.9 Å². The highest BCUT2D eigenvalue weighted by Gasteiger charge is 2.64. The van der Waals surface area contributed by atoms with Crippen LogP contribution in [0.4, 0.5) is 0 Å². The van der Waals surface area contributed by atoms with Crippen LogP contribution in [-0.4, -0.2) is 30.0 Å². The predicted molar refractivity (Wildman–Crippen MR) is 92.3 cm³/mol. The zero-order valence-electron chi connectivity index (χ0n) is 15.0. The van der Waals surface area contributed by atoms with E-state index in [2.05, 4.69) is 0 Å². The fourth-order valence-corrected chi connectivity index (χ4v) is 7.95. The van der Waals surface area contributed by atoms with Crippen molar-refractivity contribution in [3.05, 3.63) is 0 Å². The molecule has 0 amide bonds. The molecule has 0 heterocycles. The van der Waals surface area contributed by atoms with Crippen molar-refractivity contribution >= 4 is 20.2 Å². The molecule has 2 atom stereocenters. The van der Waals surface area contributed by atoms with Gasteiger partial charge in [0, 0.05) is 11.8 Å². The Balaban J connectivity index is 6.90. The Morgan fingerprint density at radius 1 is 0.739 bits per heavy atom. The lowest BCUT2D eigenvalue weighted by Gasteiger charge is -2.44. The second-order valence-corrected chi connectivity index (χ2v) is 10.5. The molecule has 0 saturated carbocycles. The molecule has 6 nitrogen and oxygen atoms in total. The van der Waals surface area contributed by atoms with Crippen LogP contribution in [0.15, 0.2) is 0 Å². The molecule has 2 N–H and O–H groups in total. The first kappa shape index (κ1) is 22.8. The van der Waals surface area contributed by atoms with Crippen LogP contribution in [0.25, 0.3) is 0 Å². The minimum atomic E-state index is -5.06. The second-order valence-electron chi connectivity index (χ2n) is 6.95. The van der Waals surface area contributed by atoms with Crippen molar-refractivity contribution in [2.45, 2.75) is 71.3 Å². The van der Waals surface area contributed by atoms with Gasteiger partial charge in [-0.15, -0.1) is 0 Å². The lowest BCUT2D eigenvalue weighted by molar-refractivity contribution is 0.182. The normalized spacial score (nSPS) is 16.8. The molecule has 0 radical (unpaired) electrons. The van der Waals surface area contributed by atoms with Crippen LogP contribution in [-0.2, 0) is 20.2 Å². The third-order valence-corrected chi connectivity index (χ3v) is 8.74. The van der Waals surface area contributed by atoms with E-state index in [4.69, 9.17) is 0 Å². The first-order chi connectivity index (χ1) is 10.3. The Morgan fingerprint density at radius 3 is 1.13 bits per heavy atom. The fourth-order valence-electron chi connectivity index (χ4n) is 3.79. The van der Waals surface area contributed by atoms with Gasteiger partial charge in [0.05, 0.1) is 0 Å². The van der Waals surface area contributed by atoms with Gasteiger partial charge < -0.3 is 0 Å². The standard InChI is InChI=1S/C15H32O6S2/c1-7-9-13(11(3)4)15(22(16,17)18,23(19,20)21)14(10-8-2)12(5)6/h11-14H,7-10H2,1-6H3,(H,16,17,18)(H,19,20,21). The average Bonchev–Trinajstić information content (AvgIpc) is 2.33. The SMILES string of the molecule is CCCC(C(C)C)C(C(CCC)C(C)C)(S(=O)(=O)O)S(=O)(=O)O. The van der Waals surface area contributed by atoms with Crippen LogP contribution in [0.1, 0.15) is 67.2 Å². The summed E-state index contributed by atoms with van der Waals surface area (Å²) < 4.78 is 66.8. The van der Waals surface area contributed by atoms with Crippen molar-refractivity contribution in [1.82, 2.24) is 0 Å². The summed E-state index contributed by atoms with van der Waals surface area (Å²) in [7, 11) is -10.1. The van der Waals surface area contributed by atoms with Crippen LogP contribution in [0, 0.1) is 23.7 Å². The summed E-state index contributed by atoms with van der Waals surface area (Å²) in [5.74, 6) is -2.46. The fraction of sp³-hybridized carbons (Fsp3) is 1.00. The highest BCUT2D eigenvalue weighted by Crippen LogP contribution is 2.48. The topological polar surface area (TPSA) is 109 Å². The minimum Gasteiger partial charge on any atom is -0.284 e. The van der Waals surface area contributed by atoms with E-state index in [-0.39, 0.29) is 24.7 Å². The summed E-state index contributed by atoms with van der Waals surface area (Å²) in [5, 5.41) is 0. The maximum Gasteiger partial charge on any atom is 0.288 e. The zero-order chi connectivity index (χ0) is 18.6. The highest BCUT2D eigenvalue weighted by molar-refractivity contribution is 8.05. The Morgan fingerprint density at radius 2 is 1.00 bits per heavy atom. The van der Waals surface area contributed by atoms with Gasteiger partial charge in [-0.2, -0.15) is 16.8 Å². The Bertz CT molecular complexity index is 511. The van der Waals surface area contributed by atoms with E-state index < -0.39 is 36.2 Å². The smallest absolute Gasteiger partial charge is 0.284 e. The van der Waals surface area contributed by atoms with Crippen molar-refractivity contribution < 1.29 is 25.9 Å². The summed E-state index contributed by atoms with van der Waals surface area (Å²) in [4.78, 5) is 0. The van der Waals surface area contributed by atoms with Crippen LogP contribution >= 0.6 is 0 Å². The number of hydrogen-bond acceptors (Lipinski definition) is 4. The lowest BCUT2D eigenvalue weighted by Crippen LogP contribution is -2.59. The van der Waals surface area contributed by atoms with Crippen molar-refractivity contribution in [2.24, 2.45) is 23.7 Å². The molecular formula is C15H32O6S2. The zero-order valence-corrected chi connectivity index (χ0v) is 16.6. The quantitative estimate of drug-likeness (QED) is 0.567. The molecule has 23 heavy (non-hydrogen) atoms. The second kappa shape index (κ2) is 8.27. The maximum atomic E-state index is 12.4. The predicted octanol–water partition coefficient (Wildman–Crippen LogP) is 3.60. The summed E-state index contributed by atoms with van der Waals surface area (Å²) in [6.07, 6.45) is 1.66. The van der Waals surface area contributed by atoms with E-state index >= 15 is 0 Å². The van der Waals surface area contributed by atoms with Crippen LogP contribution in [0.2, 0.25) is 0 Å². The Labute approximate surface area is 141 Å². The van der Waals surface area contributed by atoms with E-state index in [0.29, 0.717) is 12.8 Å². The van der Waals surface area contributed by atoms with Crippen molar-refractivity contribution in [3.63, 3.8) is 0 Å². The molecule has 0 spiro atoms. The van der Waals surface area contributed by atoms with Crippen molar-refractivity contribution in [1.29, 1.82) is 0 Å². The molecule has 0 aliphatic heterocycles. The molecule has 0 rings (SSSR count).